The second-order valence-electron chi connectivity index (χ2n) is 4.88. The lowest BCUT2D eigenvalue weighted by Gasteiger charge is -2.05. The molecule has 0 spiro atoms. The molecular weight excluding hydrogens is 304 g/mol. The molecule has 0 aliphatic rings. The minimum absolute atomic E-state index is 0.140. The summed E-state index contributed by atoms with van der Waals surface area (Å²) in [5, 5.41) is 15.6. The molecule has 0 atom stereocenters. The number of nitrogens with zero attached hydrogens (tertiary/aromatic N) is 1. The summed E-state index contributed by atoms with van der Waals surface area (Å²) >= 11 is 0.944. The average molecular weight is 322 g/mol. The fraction of sp³-hybridized carbons (Fsp3) is 0.400. The van der Waals surface area contributed by atoms with Gasteiger partial charge in [-0.3, -0.25) is 4.79 Å². The van der Waals surface area contributed by atoms with Crippen LogP contribution in [0.5, 0.6) is 0 Å². The van der Waals surface area contributed by atoms with E-state index in [9.17, 15) is 9.59 Å². The van der Waals surface area contributed by atoms with Crippen LogP contribution in [0.25, 0.3) is 0 Å². The number of aromatic carboxylic acids is 1. The van der Waals surface area contributed by atoms with Gasteiger partial charge in [-0.05, 0) is 25.0 Å². The lowest BCUT2D eigenvalue weighted by molar-refractivity contribution is 0.0702. The summed E-state index contributed by atoms with van der Waals surface area (Å²) in [4.78, 5) is 23.2. The van der Waals surface area contributed by atoms with Gasteiger partial charge in [0, 0.05) is 12.0 Å². The molecule has 2 N–H and O–H groups in total. The van der Waals surface area contributed by atoms with E-state index in [0.29, 0.717) is 16.6 Å². The average Bonchev–Trinajstić information content (AvgIpc) is 3.16. The molecule has 7 heteroatoms. The van der Waals surface area contributed by atoms with E-state index in [0.717, 1.165) is 29.9 Å². The molecule has 2 heterocycles. The zero-order valence-electron chi connectivity index (χ0n) is 12.5. The summed E-state index contributed by atoms with van der Waals surface area (Å²) in [5.41, 5.74) is 0.901. The number of thiophene rings is 1. The van der Waals surface area contributed by atoms with Gasteiger partial charge in [-0.15, -0.1) is 11.3 Å². The molecule has 2 aromatic rings. The minimum atomic E-state index is -1.03. The smallest absolute Gasteiger partial charge is 0.345 e. The van der Waals surface area contributed by atoms with Gasteiger partial charge in [-0.1, -0.05) is 19.0 Å². The van der Waals surface area contributed by atoms with E-state index in [4.69, 9.17) is 9.63 Å². The number of hydrogen-bond acceptors (Lipinski definition) is 5. The number of carbonyl (C=O) groups is 2. The zero-order chi connectivity index (χ0) is 16.1. The van der Waals surface area contributed by atoms with Gasteiger partial charge >= 0.3 is 5.97 Å². The van der Waals surface area contributed by atoms with Crippen molar-refractivity contribution < 1.29 is 19.2 Å². The third-order valence-electron chi connectivity index (χ3n) is 3.44. The fourth-order valence-electron chi connectivity index (χ4n) is 2.14. The van der Waals surface area contributed by atoms with Gasteiger partial charge in [0.05, 0.1) is 17.1 Å². The van der Waals surface area contributed by atoms with Crippen molar-refractivity contribution in [2.75, 3.05) is 0 Å². The highest BCUT2D eigenvalue weighted by Gasteiger charge is 2.15. The Labute approximate surface area is 132 Å². The molecule has 0 aliphatic carbocycles. The summed E-state index contributed by atoms with van der Waals surface area (Å²) in [6.07, 6.45) is 1.98. The summed E-state index contributed by atoms with van der Waals surface area (Å²) in [6, 6.07) is 4.77. The fourth-order valence-corrected chi connectivity index (χ4v) is 2.90. The Morgan fingerprint density at radius 3 is 2.59 bits per heavy atom. The standard InChI is InChI=1S/C15H18N2O4S/c1-3-9(4-2)11-7-10(21-17-11)8-16-14(18)12-5-6-13(22-12)15(19)20/h5-7,9H,3-4,8H2,1-2H3,(H,16,18)(H,19,20). The monoisotopic (exact) mass is 322 g/mol. The molecule has 0 unspecified atom stereocenters. The molecule has 0 aromatic carbocycles. The van der Waals surface area contributed by atoms with Crippen molar-refractivity contribution in [1.82, 2.24) is 10.5 Å². The Balaban J connectivity index is 1.94. The highest BCUT2D eigenvalue weighted by atomic mass is 32.1. The Morgan fingerprint density at radius 2 is 2.00 bits per heavy atom. The Hall–Kier alpha value is -2.15. The van der Waals surface area contributed by atoms with E-state index in [1.807, 2.05) is 6.07 Å². The van der Waals surface area contributed by atoms with Crippen molar-refractivity contribution in [2.45, 2.75) is 39.2 Å². The third kappa shape index (κ3) is 3.73. The SMILES string of the molecule is CCC(CC)c1cc(CNC(=O)c2ccc(C(=O)O)s2)on1. The number of rotatable bonds is 7. The van der Waals surface area contributed by atoms with Gasteiger partial charge in [0.25, 0.3) is 5.91 Å². The maximum atomic E-state index is 12.0. The zero-order valence-corrected chi connectivity index (χ0v) is 13.3. The van der Waals surface area contributed by atoms with Gasteiger partial charge in [-0.2, -0.15) is 0 Å². The third-order valence-corrected chi connectivity index (χ3v) is 4.52. The Morgan fingerprint density at radius 1 is 1.32 bits per heavy atom. The van der Waals surface area contributed by atoms with Crippen LogP contribution in [0.4, 0.5) is 0 Å². The molecule has 0 radical (unpaired) electrons. The molecule has 0 aliphatic heterocycles. The van der Waals surface area contributed by atoms with Crippen LogP contribution in [0.15, 0.2) is 22.7 Å². The van der Waals surface area contributed by atoms with E-state index in [2.05, 4.69) is 24.3 Å². The Bertz CT molecular complexity index is 658. The van der Waals surface area contributed by atoms with Crippen molar-refractivity contribution in [3.8, 4) is 0 Å². The van der Waals surface area contributed by atoms with E-state index >= 15 is 0 Å². The number of carbonyl (C=O) groups excluding carboxylic acids is 1. The second kappa shape index (κ2) is 7.22. The number of carboxylic acid groups (broad SMARTS) is 1. The van der Waals surface area contributed by atoms with E-state index in [1.165, 1.54) is 12.1 Å². The molecule has 1 amide bonds. The van der Waals surface area contributed by atoms with E-state index in [1.54, 1.807) is 0 Å². The molecule has 0 saturated heterocycles. The van der Waals surface area contributed by atoms with Crippen molar-refractivity contribution in [2.24, 2.45) is 0 Å². The van der Waals surface area contributed by atoms with E-state index < -0.39 is 5.97 Å². The van der Waals surface area contributed by atoms with Crippen LogP contribution < -0.4 is 5.32 Å². The summed E-state index contributed by atoms with van der Waals surface area (Å²) in [5.74, 6) is -0.402. The van der Waals surface area contributed by atoms with Crippen LogP contribution in [0.3, 0.4) is 0 Å². The molecule has 0 saturated carbocycles. The molecule has 2 rings (SSSR count). The van der Waals surface area contributed by atoms with Gasteiger partial charge in [0.1, 0.15) is 4.88 Å². The van der Waals surface area contributed by atoms with Crippen molar-refractivity contribution >= 4 is 23.2 Å². The van der Waals surface area contributed by atoms with Gasteiger partial charge in [0.2, 0.25) is 0 Å². The molecule has 0 fully saturated rings. The number of carboxylic acids is 1. The molecule has 22 heavy (non-hydrogen) atoms. The lowest BCUT2D eigenvalue weighted by atomic mass is 9.99. The number of aromatic nitrogens is 1. The maximum Gasteiger partial charge on any atom is 0.345 e. The topological polar surface area (TPSA) is 92.4 Å². The van der Waals surface area contributed by atoms with Gasteiger partial charge in [0.15, 0.2) is 5.76 Å². The normalized spacial score (nSPS) is 10.9. The van der Waals surface area contributed by atoms with Crippen LogP contribution in [0.2, 0.25) is 0 Å². The van der Waals surface area contributed by atoms with Crippen LogP contribution in [0.1, 0.15) is 63.4 Å². The van der Waals surface area contributed by atoms with Crippen LogP contribution >= 0.6 is 11.3 Å². The summed E-state index contributed by atoms with van der Waals surface area (Å²) < 4.78 is 5.22. The Kier molecular flexibility index (Phi) is 5.32. The molecule has 2 aromatic heterocycles. The first-order valence-corrected chi connectivity index (χ1v) is 7.93. The number of hydrogen-bond donors (Lipinski definition) is 2. The summed E-state index contributed by atoms with van der Waals surface area (Å²) in [7, 11) is 0. The van der Waals surface area contributed by atoms with Gasteiger partial charge in [-0.25, -0.2) is 4.79 Å². The largest absolute Gasteiger partial charge is 0.477 e. The second-order valence-corrected chi connectivity index (χ2v) is 5.97. The van der Waals surface area contributed by atoms with Crippen LogP contribution in [0, 0.1) is 0 Å². The lowest BCUT2D eigenvalue weighted by Crippen LogP contribution is -2.21. The first-order valence-electron chi connectivity index (χ1n) is 7.11. The maximum absolute atomic E-state index is 12.0. The molecule has 0 bridgehead atoms. The molecule has 118 valence electrons. The predicted octanol–water partition coefficient (Wildman–Crippen LogP) is 3.27. The van der Waals surface area contributed by atoms with Crippen LogP contribution in [-0.4, -0.2) is 22.1 Å². The summed E-state index contributed by atoms with van der Waals surface area (Å²) in [6.45, 7) is 4.43. The van der Waals surface area contributed by atoms with Gasteiger partial charge < -0.3 is 14.9 Å². The van der Waals surface area contributed by atoms with E-state index in [-0.39, 0.29) is 17.3 Å². The number of nitrogens with one attached hydrogen (secondary N) is 1. The predicted molar refractivity (Wildman–Crippen MR) is 82.3 cm³/mol. The minimum Gasteiger partial charge on any atom is -0.477 e. The molecule has 6 nitrogen and oxygen atoms in total. The highest BCUT2D eigenvalue weighted by molar-refractivity contribution is 7.15. The quantitative estimate of drug-likeness (QED) is 0.816. The van der Waals surface area contributed by atoms with Crippen LogP contribution in [-0.2, 0) is 6.54 Å². The first kappa shape index (κ1) is 16.2. The van der Waals surface area contributed by atoms with Crippen molar-refractivity contribution in [3.05, 3.63) is 39.4 Å². The van der Waals surface area contributed by atoms with Crippen molar-refractivity contribution in [3.63, 3.8) is 0 Å². The van der Waals surface area contributed by atoms with Crippen molar-refractivity contribution in [1.29, 1.82) is 0 Å². The molecular formula is C15H18N2O4S. The highest BCUT2D eigenvalue weighted by Crippen LogP contribution is 2.22. The number of amides is 1. The first-order chi connectivity index (χ1) is 10.5.